The number of hydrogen-bond donors (Lipinski definition) is 1. The van der Waals surface area contributed by atoms with Crippen molar-refractivity contribution in [1.82, 2.24) is 0 Å². The van der Waals surface area contributed by atoms with Crippen molar-refractivity contribution >= 4 is 17.5 Å². The fourth-order valence-electron chi connectivity index (χ4n) is 2.74. The van der Waals surface area contributed by atoms with Gasteiger partial charge in [0.1, 0.15) is 0 Å². The van der Waals surface area contributed by atoms with E-state index in [9.17, 15) is 9.59 Å². The number of amides is 2. The standard InChI is InChI=1S/C17H16N2O2/c1-10-6-7-11(2)15-14(10)16(20)19(17(15)21)13-5-3-4-12(8-13)9-18/h3-8H,9,18H2,1-2H3. The van der Waals surface area contributed by atoms with Crippen LogP contribution < -0.4 is 10.6 Å². The van der Waals surface area contributed by atoms with Crippen molar-refractivity contribution in [1.29, 1.82) is 0 Å². The normalized spacial score (nSPS) is 13.8. The van der Waals surface area contributed by atoms with Gasteiger partial charge in [-0.3, -0.25) is 9.59 Å². The first kappa shape index (κ1) is 13.5. The van der Waals surface area contributed by atoms with Crippen molar-refractivity contribution in [2.75, 3.05) is 4.90 Å². The Morgan fingerprint density at radius 1 is 0.952 bits per heavy atom. The fourth-order valence-corrected chi connectivity index (χ4v) is 2.74. The summed E-state index contributed by atoms with van der Waals surface area (Å²) in [5.74, 6) is -0.518. The Bertz CT molecular complexity index is 724. The molecule has 3 rings (SSSR count). The van der Waals surface area contributed by atoms with Crippen LogP contribution in [0.2, 0.25) is 0 Å². The molecule has 0 radical (unpaired) electrons. The molecule has 4 nitrogen and oxygen atoms in total. The summed E-state index contributed by atoms with van der Waals surface area (Å²) in [4.78, 5) is 26.5. The molecule has 21 heavy (non-hydrogen) atoms. The lowest BCUT2D eigenvalue weighted by atomic mass is 9.99. The highest BCUT2D eigenvalue weighted by Gasteiger charge is 2.38. The molecule has 2 aromatic rings. The van der Waals surface area contributed by atoms with Crippen molar-refractivity contribution in [2.24, 2.45) is 5.73 Å². The van der Waals surface area contributed by atoms with E-state index >= 15 is 0 Å². The summed E-state index contributed by atoms with van der Waals surface area (Å²) < 4.78 is 0. The minimum Gasteiger partial charge on any atom is -0.326 e. The highest BCUT2D eigenvalue weighted by Crippen LogP contribution is 2.32. The van der Waals surface area contributed by atoms with Gasteiger partial charge in [-0.25, -0.2) is 4.90 Å². The van der Waals surface area contributed by atoms with Crippen LogP contribution in [-0.4, -0.2) is 11.8 Å². The molecule has 0 unspecified atom stereocenters. The van der Waals surface area contributed by atoms with Gasteiger partial charge in [0.05, 0.1) is 16.8 Å². The number of hydrogen-bond acceptors (Lipinski definition) is 3. The van der Waals surface area contributed by atoms with Gasteiger partial charge in [0, 0.05) is 6.54 Å². The van der Waals surface area contributed by atoms with Gasteiger partial charge < -0.3 is 5.73 Å². The maximum Gasteiger partial charge on any atom is 0.266 e. The van der Waals surface area contributed by atoms with Crippen LogP contribution in [0.15, 0.2) is 36.4 Å². The predicted molar refractivity (Wildman–Crippen MR) is 81.4 cm³/mol. The molecule has 0 aromatic heterocycles. The quantitative estimate of drug-likeness (QED) is 0.860. The molecule has 0 fully saturated rings. The number of imide groups is 1. The minimum atomic E-state index is -0.259. The van der Waals surface area contributed by atoms with E-state index in [0.717, 1.165) is 16.7 Å². The monoisotopic (exact) mass is 280 g/mol. The maximum atomic E-state index is 12.7. The average molecular weight is 280 g/mol. The second kappa shape index (κ2) is 4.82. The predicted octanol–water partition coefficient (Wildman–Crippen LogP) is 2.56. The number of carbonyl (C=O) groups excluding carboxylic acids is 2. The minimum absolute atomic E-state index is 0.259. The number of rotatable bonds is 2. The molecule has 0 saturated heterocycles. The molecule has 1 heterocycles. The van der Waals surface area contributed by atoms with Crippen LogP contribution in [0.4, 0.5) is 5.69 Å². The molecule has 1 aliphatic rings. The number of benzene rings is 2. The van der Waals surface area contributed by atoms with Gasteiger partial charge in [0.25, 0.3) is 11.8 Å². The average Bonchev–Trinajstić information content (AvgIpc) is 2.75. The lowest BCUT2D eigenvalue weighted by Crippen LogP contribution is -2.29. The van der Waals surface area contributed by atoms with E-state index in [2.05, 4.69) is 0 Å². The van der Waals surface area contributed by atoms with E-state index in [0.29, 0.717) is 23.4 Å². The molecule has 0 bridgehead atoms. The van der Waals surface area contributed by atoms with Crippen molar-refractivity contribution in [2.45, 2.75) is 20.4 Å². The topological polar surface area (TPSA) is 63.4 Å². The van der Waals surface area contributed by atoms with E-state index in [-0.39, 0.29) is 11.8 Å². The zero-order valence-electron chi connectivity index (χ0n) is 12.0. The Morgan fingerprint density at radius 3 is 2.05 bits per heavy atom. The largest absolute Gasteiger partial charge is 0.326 e. The molecule has 0 spiro atoms. The van der Waals surface area contributed by atoms with Crippen LogP contribution in [0.25, 0.3) is 0 Å². The molecule has 2 aromatic carbocycles. The van der Waals surface area contributed by atoms with E-state index in [1.807, 2.05) is 32.0 Å². The molecule has 2 amide bonds. The molecule has 2 N–H and O–H groups in total. The third kappa shape index (κ3) is 1.96. The Hall–Kier alpha value is -2.46. The van der Waals surface area contributed by atoms with E-state index in [1.54, 1.807) is 18.2 Å². The number of fused-ring (bicyclic) bond motifs is 1. The second-order valence-corrected chi connectivity index (χ2v) is 5.27. The molecule has 4 heteroatoms. The van der Waals surface area contributed by atoms with Gasteiger partial charge in [-0.1, -0.05) is 24.3 Å². The molecule has 106 valence electrons. The molecular weight excluding hydrogens is 264 g/mol. The maximum absolute atomic E-state index is 12.7. The molecule has 0 atom stereocenters. The van der Waals surface area contributed by atoms with Crippen LogP contribution in [0.5, 0.6) is 0 Å². The molecule has 1 aliphatic heterocycles. The van der Waals surface area contributed by atoms with Gasteiger partial charge in [0.2, 0.25) is 0 Å². The summed E-state index contributed by atoms with van der Waals surface area (Å²) in [5, 5.41) is 0. The fraction of sp³-hybridized carbons (Fsp3) is 0.176. The number of nitrogens with two attached hydrogens (primary N) is 1. The number of nitrogens with zero attached hydrogens (tertiary/aromatic N) is 1. The SMILES string of the molecule is Cc1ccc(C)c2c1C(=O)N(c1cccc(CN)c1)C2=O. The molecule has 0 aliphatic carbocycles. The van der Waals surface area contributed by atoms with Crippen molar-refractivity contribution in [3.63, 3.8) is 0 Å². The van der Waals surface area contributed by atoms with Gasteiger partial charge >= 0.3 is 0 Å². The second-order valence-electron chi connectivity index (χ2n) is 5.27. The molecule has 0 saturated carbocycles. The van der Waals surface area contributed by atoms with Gasteiger partial charge in [-0.15, -0.1) is 0 Å². The van der Waals surface area contributed by atoms with Gasteiger partial charge in [0.15, 0.2) is 0 Å². The van der Waals surface area contributed by atoms with E-state index < -0.39 is 0 Å². The summed E-state index contributed by atoms with van der Waals surface area (Å²) in [5.41, 5.74) is 9.76. The van der Waals surface area contributed by atoms with Gasteiger partial charge in [-0.05, 0) is 42.7 Å². The first-order valence-electron chi connectivity index (χ1n) is 6.82. The zero-order valence-corrected chi connectivity index (χ0v) is 12.0. The summed E-state index contributed by atoms with van der Waals surface area (Å²) in [6.07, 6.45) is 0. The Kier molecular flexibility index (Phi) is 3.11. The van der Waals surface area contributed by atoms with Crippen LogP contribution in [0.1, 0.15) is 37.4 Å². The number of anilines is 1. The zero-order chi connectivity index (χ0) is 15.1. The van der Waals surface area contributed by atoms with Crippen molar-refractivity contribution < 1.29 is 9.59 Å². The lowest BCUT2D eigenvalue weighted by molar-refractivity contribution is 0.0926. The third-order valence-electron chi connectivity index (χ3n) is 3.86. The number of carbonyl (C=O) groups is 2. The van der Waals surface area contributed by atoms with Crippen molar-refractivity contribution in [3.8, 4) is 0 Å². The summed E-state index contributed by atoms with van der Waals surface area (Å²) in [7, 11) is 0. The third-order valence-corrected chi connectivity index (χ3v) is 3.86. The van der Waals surface area contributed by atoms with E-state index in [1.165, 1.54) is 4.90 Å². The highest BCUT2D eigenvalue weighted by atomic mass is 16.2. The Labute approximate surface area is 123 Å². The Balaban J connectivity index is 2.16. The van der Waals surface area contributed by atoms with Crippen LogP contribution in [0.3, 0.4) is 0 Å². The van der Waals surface area contributed by atoms with Crippen molar-refractivity contribution in [3.05, 3.63) is 64.2 Å². The van der Waals surface area contributed by atoms with E-state index in [4.69, 9.17) is 5.73 Å². The lowest BCUT2D eigenvalue weighted by Gasteiger charge is -2.14. The summed E-state index contributed by atoms with van der Waals surface area (Å²) >= 11 is 0. The molecular formula is C17H16N2O2. The summed E-state index contributed by atoms with van der Waals surface area (Å²) in [6.45, 7) is 4.07. The summed E-state index contributed by atoms with van der Waals surface area (Å²) in [6, 6.07) is 11.0. The van der Waals surface area contributed by atoms with Gasteiger partial charge in [-0.2, -0.15) is 0 Å². The first-order valence-corrected chi connectivity index (χ1v) is 6.82. The number of aryl methyl sites for hydroxylation is 2. The van der Waals surface area contributed by atoms with Crippen LogP contribution >= 0.6 is 0 Å². The first-order chi connectivity index (χ1) is 10.0. The highest BCUT2D eigenvalue weighted by molar-refractivity contribution is 6.35. The smallest absolute Gasteiger partial charge is 0.266 e. The van der Waals surface area contributed by atoms with Crippen LogP contribution in [0, 0.1) is 13.8 Å². The van der Waals surface area contributed by atoms with Crippen LogP contribution in [-0.2, 0) is 6.54 Å². The Morgan fingerprint density at radius 2 is 1.52 bits per heavy atom.